The van der Waals surface area contributed by atoms with Crippen LogP contribution in [0.3, 0.4) is 0 Å². The molecule has 3 aromatic rings. The minimum absolute atomic E-state index is 0.0454. The number of hydrogen-bond donors (Lipinski definition) is 3. The summed E-state index contributed by atoms with van der Waals surface area (Å²) in [6, 6.07) is 10.4. The highest BCUT2D eigenvalue weighted by atomic mass is 19.1. The number of aliphatic hydroxyl groups is 1. The fourth-order valence-corrected chi connectivity index (χ4v) is 2.20. The van der Waals surface area contributed by atoms with Crippen molar-refractivity contribution in [2.24, 2.45) is 0 Å². The number of aliphatic hydroxyl groups excluding tert-OH is 1. The van der Waals surface area contributed by atoms with E-state index in [4.69, 9.17) is 5.11 Å². The van der Waals surface area contributed by atoms with Crippen molar-refractivity contribution in [2.45, 2.75) is 0 Å². The topological polar surface area (TPSA) is 70.1 Å². The number of rotatable bonds is 5. The van der Waals surface area contributed by atoms with Crippen molar-refractivity contribution in [3.63, 3.8) is 0 Å². The smallest absolute Gasteiger partial charge is 0.229 e. The standard InChI is InChI=1S/C16H14F2N4O/c17-10-7-11(18)9-12(8-10)20-16-21-14-4-2-1-3-13(14)15(22-16)19-5-6-23/h1-4,7-9,23H,5-6H2,(H2,19,20,21,22). The lowest BCUT2D eigenvalue weighted by Crippen LogP contribution is -2.09. The highest BCUT2D eigenvalue weighted by Gasteiger charge is 2.08. The maximum atomic E-state index is 13.3. The molecule has 0 aliphatic heterocycles. The van der Waals surface area contributed by atoms with E-state index in [0.29, 0.717) is 17.9 Å². The van der Waals surface area contributed by atoms with E-state index in [9.17, 15) is 8.78 Å². The lowest BCUT2D eigenvalue weighted by atomic mass is 10.2. The molecule has 118 valence electrons. The summed E-state index contributed by atoms with van der Waals surface area (Å²) in [6.45, 7) is 0.283. The van der Waals surface area contributed by atoms with Crippen LogP contribution in [0.15, 0.2) is 42.5 Å². The third-order valence-electron chi connectivity index (χ3n) is 3.13. The predicted molar refractivity (Wildman–Crippen MR) is 84.8 cm³/mol. The molecule has 0 amide bonds. The van der Waals surface area contributed by atoms with Gasteiger partial charge in [0, 0.05) is 23.7 Å². The van der Waals surface area contributed by atoms with Gasteiger partial charge in [-0.3, -0.25) is 0 Å². The van der Waals surface area contributed by atoms with Gasteiger partial charge in [0.2, 0.25) is 5.95 Å². The zero-order chi connectivity index (χ0) is 16.2. The van der Waals surface area contributed by atoms with Gasteiger partial charge in [-0.25, -0.2) is 13.8 Å². The van der Waals surface area contributed by atoms with Crippen LogP contribution >= 0.6 is 0 Å². The van der Waals surface area contributed by atoms with E-state index >= 15 is 0 Å². The van der Waals surface area contributed by atoms with Gasteiger partial charge in [0.1, 0.15) is 17.5 Å². The zero-order valence-corrected chi connectivity index (χ0v) is 12.1. The monoisotopic (exact) mass is 316 g/mol. The Labute approximate surface area is 131 Å². The number of para-hydroxylation sites is 1. The Morgan fingerprint density at radius 3 is 2.48 bits per heavy atom. The first-order valence-corrected chi connectivity index (χ1v) is 7.00. The van der Waals surface area contributed by atoms with Gasteiger partial charge in [-0.15, -0.1) is 0 Å². The Morgan fingerprint density at radius 1 is 1.00 bits per heavy atom. The van der Waals surface area contributed by atoms with Crippen molar-refractivity contribution in [2.75, 3.05) is 23.8 Å². The Morgan fingerprint density at radius 2 is 1.74 bits per heavy atom. The summed E-state index contributed by atoms with van der Waals surface area (Å²) in [4.78, 5) is 8.63. The molecule has 1 heterocycles. The summed E-state index contributed by atoms with van der Waals surface area (Å²) in [5.74, 6) is -0.642. The molecule has 3 N–H and O–H groups in total. The molecule has 0 spiro atoms. The van der Waals surface area contributed by atoms with Crippen LogP contribution in [0.4, 0.5) is 26.2 Å². The highest BCUT2D eigenvalue weighted by Crippen LogP contribution is 2.24. The molecule has 0 bridgehead atoms. The number of aromatic nitrogens is 2. The molecule has 0 saturated heterocycles. The summed E-state index contributed by atoms with van der Waals surface area (Å²) < 4.78 is 26.5. The fourth-order valence-electron chi connectivity index (χ4n) is 2.20. The van der Waals surface area contributed by atoms with Crippen LogP contribution < -0.4 is 10.6 Å². The maximum absolute atomic E-state index is 13.3. The SMILES string of the molecule is OCCNc1nc(Nc2cc(F)cc(F)c2)nc2ccccc12. The predicted octanol–water partition coefficient (Wildman–Crippen LogP) is 3.06. The second-order valence-corrected chi connectivity index (χ2v) is 4.85. The van der Waals surface area contributed by atoms with Gasteiger partial charge in [-0.1, -0.05) is 12.1 Å². The highest BCUT2D eigenvalue weighted by molar-refractivity contribution is 5.90. The number of halogens is 2. The van der Waals surface area contributed by atoms with E-state index in [2.05, 4.69) is 20.6 Å². The fraction of sp³-hybridized carbons (Fsp3) is 0.125. The molecular weight excluding hydrogens is 302 g/mol. The summed E-state index contributed by atoms with van der Waals surface area (Å²) in [7, 11) is 0. The van der Waals surface area contributed by atoms with Crippen molar-refractivity contribution in [1.82, 2.24) is 9.97 Å². The molecule has 1 aromatic heterocycles. The second kappa shape index (κ2) is 6.53. The normalized spacial score (nSPS) is 10.7. The molecule has 7 heteroatoms. The van der Waals surface area contributed by atoms with Crippen molar-refractivity contribution >= 4 is 28.4 Å². The van der Waals surface area contributed by atoms with E-state index in [1.165, 1.54) is 0 Å². The first-order valence-electron chi connectivity index (χ1n) is 7.00. The second-order valence-electron chi connectivity index (χ2n) is 4.85. The third-order valence-corrected chi connectivity index (χ3v) is 3.13. The van der Waals surface area contributed by atoms with E-state index in [1.807, 2.05) is 18.2 Å². The van der Waals surface area contributed by atoms with Crippen molar-refractivity contribution in [3.05, 3.63) is 54.1 Å². The third kappa shape index (κ3) is 3.51. The van der Waals surface area contributed by atoms with Gasteiger partial charge in [0.15, 0.2) is 0 Å². The van der Waals surface area contributed by atoms with Crippen LogP contribution in [0, 0.1) is 11.6 Å². The minimum atomic E-state index is -0.688. The number of fused-ring (bicyclic) bond motifs is 1. The number of nitrogens with zero attached hydrogens (tertiary/aromatic N) is 2. The van der Waals surface area contributed by atoms with E-state index in [-0.39, 0.29) is 18.2 Å². The quantitative estimate of drug-likeness (QED) is 0.675. The van der Waals surface area contributed by atoms with Crippen LogP contribution in [0.1, 0.15) is 0 Å². The lowest BCUT2D eigenvalue weighted by Gasteiger charge is -2.11. The van der Waals surface area contributed by atoms with Crippen LogP contribution in [0.25, 0.3) is 10.9 Å². The molecule has 3 rings (SSSR count). The maximum Gasteiger partial charge on any atom is 0.229 e. The number of hydrogen-bond acceptors (Lipinski definition) is 5. The number of nitrogens with one attached hydrogen (secondary N) is 2. The van der Waals surface area contributed by atoms with Crippen LogP contribution in [-0.2, 0) is 0 Å². The number of anilines is 3. The molecule has 0 atom stereocenters. The molecule has 23 heavy (non-hydrogen) atoms. The molecular formula is C16H14F2N4O. The van der Waals surface area contributed by atoms with Crippen LogP contribution in [0.2, 0.25) is 0 Å². The van der Waals surface area contributed by atoms with Crippen molar-refractivity contribution in [1.29, 1.82) is 0 Å². The Balaban J connectivity index is 2.00. The Hall–Kier alpha value is -2.80. The average Bonchev–Trinajstić information content (AvgIpc) is 2.51. The van der Waals surface area contributed by atoms with Gasteiger partial charge >= 0.3 is 0 Å². The Bertz CT molecular complexity index is 821. The molecule has 0 unspecified atom stereocenters. The Kier molecular flexibility index (Phi) is 4.29. The molecule has 0 saturated carbocycles. The lowest BCUT2D eigenvalue weighted by molar-refractivity contribution is 0.311. The van der Waals surface area contributed by atoms with Crippen LogP contribution in [-0.4, -0.2) is 28.2 Å². The molecule has 0 fully saturated rings. The van der Waals surface area contributed by atoms with Gasteiger partial charge in [-0.2, -0.15) is 4.98 Å². The largest absolute Gasteiger partial charge is 0.395 e. The van der Waals surface area contributed by atoms with Gasteiger partial charge in [-0.05, 0) is 24.3 Å². The average molecular weight is 316 g/mol. The van der Waals surface area contributed by atoms with E-state index in [0.717, 1.165) is 23.6 Å². The molecule has 2 aromatic carbocycles. The summed E-state index contributed by atoms with van der Waals surface area (Å²) in [6.07, 6.45) is 0. The zero-order valence-electron chi connectivity index (χ0n) is 12.1. The first kappa shape index (κ1) is 15.1. The summed E-state index contributed by atoms with van der Waals surface area (Å²) in [5.41, 5.74) is 0.883. The first-order chi connectivity index (χ1) is 11.2. The molecule has 0 aliphatic carbocycles. The molecule has 0 aliphatic rings. The van der Waals surface area contributed by atoms with Crippen LogP contribution in [0.5, 0.6) is 0 Å². The molecule has 5 nitrogen and oxygen atoms in total. The van der Waals surface area contributed by atoms with E-state index in [1.54, 1.807) is 6.07 Å². The van der Waals surface area contributed by atoms with Gasteiger partial charge in [0.05, 0.1) is 12.1 Å². The van der Waals surface area contributed by atoms with Gasteiger partial charge < -0.3 is 15.7 Å². The van der Waals surface area contributed by atoms with Crippen molar-refractivity contribution < 1.29 is 13.9 Å². The minimum Gasteiger partial charge on any atom is -0.395 e. The van der Waals surface area contributed by atoms with Crippen molar-refractivity contribution in [3.8, 4) is 0 Å². The van der Waals surface area contributed by atoms with E-state index < -0.39 is 11.6 Å². The summed E-state index contributed by atoms with van der Waals surface area (Å²) >= 11 is 0. The molecule has 0 radical (unpaired) electrons. The summed E-state index contributed by atoms with van der Waals surface area (Å²) in [5, 5.41) is 15.5. The number of benzene rings is 2. The van der Waals surface area contributed by atoms with Gasteiger partial charge in [0.25, 0.3) is 0 Å².